The molecule has 0 aromatic heterocycles. The van der Waals surface area contributed by atoms with Gasteiger partial charge in [-0.1, -0.05) is 22.0 Å². The van der Waals surface area contributed by atoms with Gasteiger partial charge in [0.05, 0.1) is 13.2 Å². The molecule has 3 N–H and O–H groups in total. The van der Waals surface area contributed by atoms with Crippen molar-refractivity contribution in [1.29, 1.82) is 0 Å². The summed E-state index contributed by atoms with van der Waals surface area (Å²) >= 11 is 3.30. The van der Waals surface area contributed by atoms with Crippen LogP contribution in [0.15, 0.2) is 40.9 Å². The lowest BCUT2D eigenvalue weighted by Crippen LogP contribution is -2.29. The van der Waals surface area contributed by atoms with Gasteiger partial charge in [0.2, 0.25) is 0 Å². The first-order valence-electron chi connectivity index (χ1n) is 6.12. The molecule has 1 atom stereocenters. The second-order valence-electron chi connectivity index (χ2n) is 4.52. The van der Waals surface area contributed by atoms with Gasteiger partial charge in [0, 0.05) is 4.47 Å². The lowest BCUT2D eigenvalue weighted by Gasteiger charge is -2.20. The van der Waals surface area contributed by atoms with Gasteiger partial charge in [-0.05, 0) is 53.9 Å². The summed E-state index contributed by atoms with van der Waals surface area (Å²) in [7, 11) is 1.62. The number of aryl methyl sites for hydroxylation is 1. The first kappa shape index (κ1) is 15.0. The Kier molecular flexibility index (Phi) is 4.75. The van der Waals surface area contributed by atoms with E-state index >= 15 is 0 Å². The fourth-order valence-electron chi connectivity index (χ4n) is 2.21. The lowest BCUT2D eigenvalue weighted by molar-refractivity contribution is 0.414. The predicted octanol–water partition coefficient (Wildman–Crippen LogP) is 3.46. The molecule has 20 heavy (non-hydrogen) atoms. The molecule has 2 aromatic rings. The zero-order valence-corrected chi connectivity index (χ0v) is 12.9. The molecule has 0 fully saturated rings. The van der Waals surface area contributed by atoms with E-state index in [0.717, 1.165) is 22.4 Å². The Hall–Kier alpha value is -1.43. The van der Waals surface area contributed by atoms with Crippen LogP contribution in [0.25, 0.3) is 0 Å². The van der Waals surface area contributed by atoms with Gasteiger partial charge in [0.15, 0.2) is 0 Å². The third-order valence-corrected chi connectivity index (χ3v) is 3.63. The Morgan fingerprint density at radius 2 is 2.00 bits per heavy atom. The fraction of sp³-hybridized carbons (Fsp3) is 0.200. The number of nitrogens with two attached hydrogens (primary N) is 1. The number of nitrogens with one attached hydrogen (secondary N) is 1. The second-order valence-corrected chi connectivity index (χ2v) is 5.44. The molecule has 106 valence electrons. The van der Waals surface area contributed by atoms with Crippen LogP contribution in [0.4, 0.5) is 4.39 Å². The van der Waals surface area contributed by atoms with Gasteiger partial charge >= 0.3 is 0 Å². The van der Waals surface area contributed by atoms with Gasteiger partial charge in [-0.15, -0.1) is 0 Å². The first-order chi connectivity index (χ1) is 9.55. The second kappa shape index (κ2) is 6.35. The van der Waals surface area contributed by atoms with Crippen molar-refractivity contribution in [2.75, 3.05) is 7.11 Å². The minimum atomic E-state index is -0.305. The van der Waals surface area contributed by atoms with E-state index in [0.29, 0.717) is 4.47 Å². The number of rotatable bonds is 4. The van der Waals surface area contributed by atoms with Crippen LogP contribution in [-0.2, 0) is 0 Å². The van der Waals surface area contributed by atoms with Gasteiger partial charge in [0.25, 0.3) is 0 Å². The van der Waals surface area contributed by atoms with Crippen molar-refractivity contribution >= 4 is 15.9 Å². The van der Waals surface area contributed by atoms with Crippen molar-refractivity contribution < 1.29 is 9.13 Å². The van der Waals surface area contributed by atoms with E-state index in [1.54, 1.807) is 7.11 Å². The molecule has 1 unspecified atom stereocenters. The Labute approximate surface area is 126 Å². The Morgan fingerprint density at radius 1 is 1.25 bits per heavy atom. The fourth-order valence-corrected chi connectivity index (χ4v) is 2.69. The topological polar surface area (TPSA) is 47.3 Å². The molecular weight excluding hydrogens is 323 g/mol. The molecular formula is C15H16BrFN2O. The largest absolute Gasteiger partial charge is 0.497 e. The highest BCUT2D eigenvalue weighted by Crippen LogP contribution is 2.29. The molecule has 0 heterocycles. The third-order valence-electron chi connectivity index (χ3n) is 3.17. The average molecular weight is 339 g/mol. The molecule has 0 aliphatic rings. The maximum absolute atomic E-state index is 13.5. The van der Waals surface area contributed by atoms with E-state index in [9.17, 15) is 4.39 Å². The van der Waals surface area contributed by atoms with Crippen molar-refractivity contribution in [2.24, 2.45) is 5.84 Å². The average Bonchev–Trinajstić information content (AvgIpc) is 2.40. The molecule has 0 amide bonds. The normalized spacial score (nSPS) is 12.2. The van der Waals surface area contributed by atoms with E-state index in [-0.39, 0.29) is 11.9 Å². The summed E-state index contributed by atoms with van der Waals surface area (Å²) in [6.07, 6.45) is 0. The number of ether oxygens (including phenoxy) is 1. The quantitative estimate of drug-likeness (QED) is 0.663. The molecule has 0 aliphatic carbocycles. The summed E-state index contributed by atoms with van der Waals surface area (Å²) in [5, 5.41) is 0. The molecule has 2 aromatic carbocycles. The number of benzene rings is 2. The molecule has 5 heteroatoms. The number of hydrazine groups is 1. The van der Waals surface area contributed by atoms with E-state index < -0.39 is 0 Å². The summed E-state index contributed by atoms with van der Waals surface area (Å²) < 4.78 is 19.4. The number of methoxy groups -OCH3 is 1. The Bertz CT molecular complexity index is 599. The Balaban J connectivity index is 2.46. The zero-order chi connectivity index (χ0) is 14.7. The van der Waals surface area contributed by atoms with Crippen LogP contribution in [0.1, 0.15) is 22.7 Å². The highest BCUT2D eigenvalue weighted by atomic mass is 79.9. The van der Waals surface area contributed by atoms with Crippen LogP contribution < -0.4 is 16.0 Å². The van der Waals surface area contributed by atoms with Crippen LogP contribution in [0.5, 0.6) is 5.75 Å². The zero-order valence-electron chi connectivity index (χ0n) is 11.3. The summed E-state index contributed by atoms with van der Waals surface area (Å²) in [6.45, 7) is 1.97. The summed E-state index contributed by atoms with van der Waals surface area (Å²) in [5.74, 6) is 6.13. The standard InChI is InChI=1S/C15H16BrFN2O/c1-9-5-13(20-2)3-4-14(9)15(19-18)10-6-11(16)8-12(17)7-10/h3-8,15,19H,18H2,1-2H3. The summed E-state index contributed by atoms with van der Waals surface area (Å²) in [4.78, 5) is 0. The SMILES string of the molecule is COc1ccc(C(NN)c2cc(F)cc(Br)c2)c(C)c1. The van der Waals surface area contributed by atoms with Crippen LogP contribution in [0.3, 0.4) is 0 Å². The van der Waals surface area contributed by atoms with Gasteiger partial charge in [0.1, 0.15) is 11.6 Å². The number of hydrogen-bond acceptors (Lipinski definition) is 3. The molecule has 0 radical (unpaired) electrons. The van der Waals surface area contributed by atoms with Crippen LogP contribution in [0.2, 0.25) is 0 Å². The van der Waals surface area contributed by atoms with E-state index in [1.165, 1.54) is 12.1 Å². The third kappa shape index (κ3) is 3.17. The highest BCUT2D eigenvalue weighted by molar-refractivity contribution is 9.10. The van der Waals surface area contributed by atoms with E-state index in [2.05, 4.69) is 21.4 Å². The minimum absolute atomic E-state index is 0.284. The van der Waals surface area contributed by atoms with Crippen molar-refractivity contribution in [2.45, 2.75) is 13.0 Å². The summed E-state index contributed by atoms with van der Waals surface area (Å²) in [5.41, 5.74) is 5.49. The van der Waals surface area contributed by atoms with Crippen LogP contribution >= 0.6 is 15.9 Å². The molecule has 0 aliphatic heterocycles. The van der Waals surface area contributed by atoms with Crippen molar-refractivity contribution in [3.05, 3.63) is 63.4 Å². The molecule has 0 saturated heterocycles. The molecule has 3 nitrogen and oxygen atoms in total. The Morgan fingerprint density at radius 3 is 2.55 bits per heavy atom. The minimum Gasteiger partial charge on any atom is -0.497 e. The smallest absolute Gasteiger partial charge is 0.124 e. The number of hydrogen-bond donors (Lipinski definition) is 2. The van der Waals surface area contributed by atoms with Gasteiger partial charge in [-0.25, -0.2) is 9.82 Å². The maximum Gasteiger partial charge on any atom is 0.124 e. The van der Waals surface area contributed by atoms with Crippen molar-refractivity contribution in [3.8, 4) is 5.75 Å². The van der Waals surface area contributed by atoms with Crippen LogP contribution in [0, 0.1) is 12.7 Å². The molecule has 0 spiro atoms. The molecule has 0 saturated carbocycles. The van der Waals surface area contributed by atoms with Gasteiger partial charge < -0.3 is 4.74 Å². The maximum atomic E-state index is 13.5. The lowest BCUT2D eigenvalue weighted by atomic mass is 9.95. The first-order valence-corrected chi connectivity index (χ1v) is 6.91. The van der Waals surface area contributed by atoms with Gasteiger partial charge in [-0.3, -0.25) is 5.84 Å². The molecule has 2 rings (SSSR count). The van der Waals surface area contributed by atoms with Gasteiger partial charge in [-0.2, -0.15) is 0 Å². The van der Waals surface area contributed by atoms with Crippen LogP contribution in [-0.4, -0.2) is 7.11 Å². The highest BCUT2D eigenvalue weighted by Gasteiger charge is 2.16. The monoisotopic (exact) mass is 338 g/mol. The number of halogens is 2. The predicted molar refractivity (Wildman–Crippen MR) is 81.0 cm³/mol. The molecule has 0 bridgehead atoms. The van der Waals surface area contributed by atoms with E-state index in [1.807, 2.05) is 31.2 Å². The van der Waals surface area contributed by atoms with Crippen molar-refractivity contribution in [3.63, 3.8) is 0 Å². The van der Waals surface area contributed by atoms with E-state index in [4.69, 9.17) is 10.6 Å². The summed E-state index contributed by atoms with van der Waals surface area (Å²) in [6, 6.07) is 10.2. The van der Waals surface area contributed by atoms with Crippen molar-refractivity contribution in [1.82, 2.24) is 5.43 Å².